The maximum atomic E-state index is 13.5. The number of halogens is 3. The minimum atomic E-state index is -4.67. The highest BCUT2D eigenvalue weighted by atomic mass is 19.4. The molecule has 0 aliphatic carbocycles. The van der Waals surface area contributed by atoms with Gasteiger partial charge in [-0.25, -0.2) is 9.59 Å². The van der Waals surface area contributed by atoms with E-state index < -0.39 is 35.7 Å². The Labute approximate surface area is 235 Å². The molecule has 0 saturated carbocycles. The molecule has 0 spiro atoms. The number of guanidine groups is 1. The average Bonchev–Trinajstić information content (AvgIpc) is 2.92. The molecule has 13 heteroatoms. The molecule has 0 bridgehead atoms. The molecule has 1 unspecified atom stereocenters. The fourth-order valence-electron chi connectivity index (χ4n) is 4.77. The number of amides is 2. The number of hydrogen-bond donors (Lipinski definition) is 3. The quantitative estimate of drug-likeness (QED) is 0.312. The molecule has 41 heavy (non-hydrogen) atoms. The van der Waals surface area contributed by atoms with Crippen LogP contribution in [0.5, 0.6) is 0 Å². The van der Waals surface area contributed by atoms with E-state index in [0.717, 1.165) is 40.0 Å². The van der Waals surface area contributed by atoms with Gasteiger partial charge in [-0.15, -0.1) is 0 Å². The maximum absolute atomic E-state index is 13.5. The smallest absolute Gasteiger partial charge is 0.416 e. The largest absolute Gasteiger partial charge is 0.466 e. The van der Waals surface area contributed by atoms with E-state index in [2.05, 4.69) is 6.07 Å². The predicted molar refractivity (Wildman–Crippen MR) is 144 cm³/mol. The second-order valence-corrected chi connectivity index (χ2v) is 9.41. The molecule has 2 atom stereocenters. The fraction of sp³-hybridized carbons (Fsp3) is 0.357. The van der Waals surface area contributed by atoms with Crippen LogP contribution in [-0.2, 0) is 27.0 Å². The van der Waals surface area contributed by atoms with E-state index in [1.807, 2.05) is 14.0 Å². The Balaban J connectivity index is 2.26. The Morgan fingerprint density at radius 1 is 1.22 bits per heavy atom. The number of esters is 1. The number of methoxy groups -OCH3 is 1. The number of likely N-dealkylation sites (N-methyl/N-ethyl adjacent to an activating group) is 1. The Morgan fingerprint density at radius 2 is 1.93 bits per heavy atom. The lowest BCUT2D eigenvalue weighted by molar-refractivity contribution is -0.894. The number of anilines is 1. The summed E-state index contributed by atoms with van der Waals surface area (Å²) in [6.07, 6.45) is -4.67. The van der Waals surface area contributed by atoms with Gasteiger partial charge in [-0.05, 0) is 49.7 Å². The molecule has 218 valence electrons. The lowest BCUT2D eigenvalue weighted by Crippen LogP contribution is -3.08. The normalized spacial score (nSPS) is 16.4. The van der Waals surface area contributed by atoms with Crippen molar-refractivity contribution in [2.75, 3.05) is 38.8 Å². The first kappa shape index (κ1) is 31.1. The van der Waals surface area contributed by atoms with Crippen LogP contribution >= 0.6 is 0 Å². The Kier molecular flexibility index (Phi) is 9.75. The zero-order valence-corrected chi connectivity index (χ0v) is 23.1. The van der Waals surface area contributed by atoms with Gasteiger partial charge in [-0.1, -0.05) is 12.1 Å². The molecule has 0 aromatic heterocycles. The van der Waals surface area contributed by atoms with Crippen LogP contribution in [-0.4, -0.2) is 56.8 Å². The lowest BCUT2D eigenvalue weighted by Gasteiger charge is -2.43. The first-order valence-corrected chi connectivity index (χ1v) is 12.7. The second-order valence-electron chi connectivity index (χ2n) is 9.41. The third kappa shape index (κ3) is 6.67. The number of hydrogen-bond acceptors (Lipinski definition) is 6. The van der Waals surface area contributed by atoms with E-state index in [0.29, 0.717) is 43.0 Å². The van der Waals surface area contributed by atoms with Gasteiger partial charge < -0.3 is 20.1 Å². The van der Waals surface area contributed by atoms with Gasteiger partial charge in [-0.2, -0.15) is 18.4 Å². The number of rotatable bonds is 9. The average molecular weight is 574 g/mol. The number of nitrogens with two attached hydrogens (primary N) is 1. The summed E-state index contributed by atoms with van der Waals surface area (Å²) in [7, 11) is 3.04. The molecule has 2 amide bonds. The zero-order chi connectivity index (χ0) is 30.5. The predicted octanol–water partition coefficient (Wildman–Crippen LogP) is 2.95. The molecule has 2 aromatic rings. The zero-order valence-electron chi connectivity index (χ0n) is 23.1. The molecular weight excluding hydrogens is 541 g/mol. The maximum Gasteiger partial charge on any atom is 0.416 e. The summed E-state index contributed by atoms with van der Waals surface area (Å²) in [6, 6.07) is 8.62. The second kappa shape index (κ2) is 12.8. The molecule has 0 fully saturated rings. The van der Waals surface area contributed by atoms with Gasteiger partial charge in [0.2, 0.25) is 5.96 Å². The van der Waals surface area contributed by atoms with Gasteiger partial charge in [0, 0.05) is 23.6 Å². The Hall–Kier alpha value is -4.41. The Bertz CT molecular complexity index is 1400. The van der Waals surface area contributed by atoms with Crippen molar-refractivity contribution in [1.29, 1.82) is 10.7 Å². The number of carbonyl (C=O) groups excluding carboxylic acids is 2. The molecule has 1 heterocycles. The third-order valence-corrected chi connectivity index (χ3v) is 6.71. The van der Waals surface area contributed by atoms with Crippen LogP contribution in [0, 0.1) is 16.7 Å². The van der Waals surface area contributed by atoms with Crippen molar-refractivity contribution in [1.82, 2.24) is 4.90 Å². The number of urea groups is 1. The molecular formula is C28H32F3N6O4+. The highest BCUT2D eigenvalue weighted by molar-refractivity contribution is 6.10. The molecule has 4 N–H and O–H groups in total. The summed E-state index contributed by atoms with van der Waals surface area (Å²) < 4.78 is 51.0. The van der Waals surface area contributed by atoms with Gasteiger partial charge in [-0.3, -0.25) is 15.2 Å². The molecule has 3 rings (SSSR count). The van der Waals surface area contributed by atoms with Crippen molar-refractivity contribution >= 4 is 23.6 Å². The van der Waals surface area contributed by atoms with Gasteiger partial charge >= 0.3 is 18.2 Å². The minimum Gasteiger partial charge on any atom is -0.466 e. The molecule has 1 aliphatic rings. The summed E-state index contributed by atoms with van der Waals surface area (Å²) in [5.74, 6) is -1.42. The van der Waals surface area contributed by atoms with Gasteiger partial charge in [0.25, 0.3) is 0 Å². The van der Waals surface area contributed by atoms with Crippen molar-refractivity contribution < 1.29 is 37.1 Å². The standard InChI is InChI=1S/C28H31F3N6O4/c1-5-41-12-11-35(3)16-19-13-18(15-32)9-10-22(19)24-23(25(38)40-4)17(2)36(26(33)37(24)27(34)39)21-8-6-7-20(14-21)28(29,30)31/h6-10,13-14,24,33H,5,11-12,16H2,1-4H3,(H2,34,39)/p+1/t24-/m1/s1. The van der Waals surface area contributed by atoms with E-state index in [1.165, 1.54) is 19.1 Å². The molecule has 0 saturated heterocycles. The van der Waals surface area contributed by atoms with Crippen LogP contribution < -0.4 is 15.5 Å². The van der Waals surface area contributed by atoms with Crippen LogP contribution in [0.25, 0.3) is 0 Å². The van der Waals surface area contributed by atoms with Crippen molar-refractivity contribution in [3.8, 4) is 6.07 Å². The molecule has 0 radical (unpaired) electrons. The van der Waals surface area contributed by atoms with Gasteiger partial charge in [0.05, 0.1) is 43.5 Å². The summed E-state index contributed by atoms with van der Waals surface area (Å²) in [6.45, 7) is 5.34. The topological polar surface area (TPSA) is 137 Å². The van der Waals surface area contributed by atoms with E-state index in [4.69, 9.17) is 20.6 Å². The number of quaternary nitrogens is 1. The fourth-order valence-corrected chi connectivity index (χ4v) is 4.77. The van der Waals surface area contributed by atoms with Crippen LogP contribution in [0.2, 0.25) is 0 Å². The van der Waals surface area contributed by atoms with E-state index in [9.17, 15) is 28.0 Å². The van der Waals surface area contributed by atoms with Crippen LogP contribution in [0.1, 0.15) is 42.1 Å². The highest BCUT2D eigenvalue weighted by Gasteiger charge is 2.45. The van der Waals surface area contributed by atoms with Gasteiger partial charge in [0.1, 0.15) is 19.1 Å². The summed E-state index contributed by atoms with van der Waals surface area (Å²) >= 11 is 0. The van der Waals surface area contributed by atoms with Crippen molar-refractivity contribution in [3.05, 3.63) is 76.0 Å². The van der Waals surface area contributed by atoms with E-state index >= 15 is 0 Å². The number of nitriles is 1. The van der Waals surface area contributed by atoms with Gasteiger partial charge in [0.15, 0.2) is 0 Å². The summed E-state index contributed by atoms with van der Waals surface area (Å²) in [4.78, 5) is 29.0. The Morgan fingerprint density at radius 3 is 2.51 bits per heavy atom. The summed E-state index contributed by atoms with van der Waals surface area (Å²) in [5.41, 5.74) is 6.00. The highest BCUT2D eigenvalue weighted by Crippen LogP contribution is 2.41. The number of primary amides is 1. The van der Waals surface area contributed by atoms with Crippen molar-refractivity contribution in [2.45, 2.75) is 32.6 Å². The van der Waals surface area contributed by atoms with Crippen LogP contribution in [0.3, 0.4) is 0 Å². The van der Waals surface area contributed by atoms with Crippen molar-refractivity contribution in [2.24, 2.45) is 5.73 Å². The number of nitrogens with zero attached hydrogens (tertiary/aromatic N) is 3. The number of nitrogens with one attached hydrogen (secondary N) is 2. The molecule has 1 aliphatic heterocycles. The number of ether oxygens (including phenoxy) is 2. The lowest BCUT2D eigenvalue weighted by atomic mass is 9.88. The van der Waals surface area contributed by atoms with Crippen LogP contribution in [0.4, 0.5) is 23.7 Å². The number of alkyl halides is 3. The van der Waals surface area contributed by atoms with Crippen molar-refractivity contribution in [3.63, 3.8) is 0 Å². The first-order valence-electron chi connectivity index (χ1n) is 12.7. The number of benzene rings is 2. The van der Waals surface area contributed by atoms with E-state index in [-0.39, 0.29) is 17.0 Å². The third-order valence-electron chi connectivity index (χ3n) is 6.71. The minimum absolute atomic E-state index is 0.0797. The number of allylic oxidation sites excluding steroid dienone is 1. The first-order chi connectivity index (χ1) is 19.3. The molecule has 2 aromatic carbocycles. The van der Waals surface area contributed by atoms with Crippen LogP contribution in [0.15, 0.2) is 53.7 Å². The van der Waals surface area contributed by atoms with E-state index in [1.54, 1.807) is 12.1 Å². The summed E-state index contributed by atoms with van der Waals surface area (Å²) in [5, 5.41) is 18.5. The number of carbonyl (C=O) groups is 2. The molecule has 10 nitrogen and oxygen atoms in total. The monoisotopic (exact) mass is 573 g/mol. The SMILES string of the molecule is CCOCC[NH+](C)Cc1cc(C#N)ccc1[C@@H]1C(C(=O)OC)=C(C)N(c2cccc(C(F)(F)F)c2)C(=N)N1C(N)=O.